The quantitative estimate of drug-likeness (QED) is 0.506. The summed E-state index contributed by atoms with van der Waals surface area (Å²) in [4.78, 5) is 40.0. The fraction of sp³-hybridized carbons (Fsp3) is 0.250. The number of hydrogen-bond acceptors (Lipinski definition) is 7. The van der Waals surface area contributed by atoms with Crippen LogP contribution in [-0.4, -0.2) is 34.6 Å². The number of fused-ring (bicyclic) bond motifs is 1. The molecule has 21 heavy (non-hydrogen) atoms. The van der Waals surface area contributed by atoms with Gasteiger partial charge in [-0.15, -0.1) is 0 Å². The molecule has 9 nitrogen and oxygen atoms in total. The van der Waals surface area contributed by atoms with Crippen molar-refractivity contribution in [3.05, 3.63) is 38.3 Å². The van der Waals surface area contributed by atoms with Crippen molar-refractivity contribution in [1.82, 2.24) is 9.97 Å². The Morgan fingerprint density at radius 1 is 1.48 bits per heavy atom. The smallest absolute Gasteiger partial charge is 0.362 e. The molecule has 1 aromatic heterocycles. The standard InChI is InChI=1S/C12H11N3O6/c1-3-21-12(17)9-11(16)14-8-6(13-9)4-5-7(20-2)10(8)15(18)19/h4-5H,3H2,1-2H3,(H,14,16). The molecule has 0 aliphatic heterocycles. The normalized spacial score (nSPS) is 10.4. The van der Waals surface area contributed by atoms with E-state index in [-0.39, 0.29) is 23.4 Å². The van der Waals surface area contributed by atoms with Gasteiger partial charge in [-0.3, -0.25) is 14.9 Å². The highest BCUT2D eigenvalue weighted by Crippen LogP contribution is 2.32. The zero-order valence-electron chi connectivity index (χ0n) is 11.2. The number of aromatic nitrogens is 2. The van der Waals surface area contributed by atoms with E-state index in [9.17, 15) is 19.7 Å². The Morgan fingerprint density at radius 2 is 2.19 bits per heavy atom. The molecule has 2 rings (SSSR count). The Kier molecular flexibility index (Phi) is 3.83. The van der Waals surface area contributed by atoms with E-state index in [1.54, 1.807) is 6.92 Å². The van der Waals surface area contributed by atoms with Crippen LogP contribution in [0.5, 0.6) is 5.75 Å². The number of rotatable bonds is 4. The summed E-state index contributed by atoms with van der Waals surface area (Å²) in [5, 5.41) is 11.1. The van der Waals surface area contributed by atoms with Crippen LogP contribution in [0.25, 0.3) is 11.0 Å². The summed E-state index contributed by atoms with van der Waals surface area (Å²) in [7, 11) is 1.27. The summed E-state index contributed by atoms with van der Waals surface area (Å²) in [6.45, 7) is 1.67. The minimum absolute atomic E-state index is 0.0196. The molecule has 1 heterocycles. The molecule has 0 saturated carbocycles. The highest BCUT2D eigenvalue weighted by Gasteiger charge is 2.23. The molecule has 0 spiro atoms. The predicted octanol–water partition coefficient (Wildman–Crippen LogP) is 1.02. The van der Waals surface area contributed by atoms with Crippen molar-refractivity contribution in [1.29, 1.82) is 0 Å². The van der Waals surface area contributed by atoms with Gasteiger partial charge in [0.05, 0.1) is 24.2 Å². The van der Waals surface area contributed by atoms with Gasteiger partial charge >= 0.3 is 11.7 Å². The SMILES string of the molecule is CCOC(=O)c1nc2ccc(OC)c([N+](=O)[O-])c2[nH]c1=O. The van der Waals surface area contributed by atoms with Gasteiger partial charge in [0.1, 0.15) is 0 Å². The molecule has 9 heteroatoms. The first kappa shape index (κ1) is 14.4. The van der Waals surface area contributed by atoms with Crippen molar-refractivity contribution in [3.63, 3.8) is 0 Å². The second-order valence-electron chi connectivity index (χ2n) is 3.90. The van der Waals surface area contributed by atoms with E-state index in [2.05, 4.69) is 9.97 Å². The second-order valence-corrected chi connectivity index (χ2v) is 3.90. The Labute approximate surface area is 117 Å². The van der Waals surface area contributed by atoms with Gasteiger partial charge in [0.25, 0.3) is 5.56 Å². The van der Waals surface area contributed by atoms with E-state index in [4.69, 9.17) is 9.47 Å². The fourth-order valence-corrected chi connectivity index (χ4v) is 1.81. The number of carbonyl (C=O) groups excluding carboxylic acids is 1. The van der Waals surface area contributed by atoms with Gasteiger partial charge in [-0.2, -0.15) is 0 Å². The zero-order chi connectivity index (χ0) is 15.6. The van der Waals surface area contributed by atoms with Gasteiger partial charge in [-0.1, -0.05) is 0 Å². The van der Waals surface area contributed by atoms with Gasteiger partial charge in [-0.25, -0.2) is 9.78 Å². The molecule has 0 unspecified atom stereocenters. The van der Waals surface area contributed by atoms with Crippen LogP contribution in [0.3, 0.4) is 0 Å². The molecular weight excluding hydrogens is 282 g/mol. The average molecular weight is 293 g/mol. The van der Waals surface area contributed by atoms with Crippen LogP contribution >= 0.6 is 0 Å². The molecule has 0 aliphatic carbocycles. The van der Waals surface area contributed by atoms with Crippen molar-refractivity contribution in [2.45, 2.75) is 6.92 Å². The summed E-state index contributed by atoms with van der Waals surface area (Å²) < 4.78 is 9.59. The van der Waals surface area contributed by atoms with E-state index < -0.39 is 27.8 Å². The Hall–Kier alpha value is -2.97. The van der Waals surface area contributed by atoms with Crippen LogP contribution in [0.4, 0.5) is 5.69 Å². The predicted molar refractivity (Wildman–Crippen MR) is 71.5 cm³/mol. The van der Waals surface area contributed by atoms with Crippen molar-refractivity contribution >= 4 is 22.7 Å². The number of benzene rings is 1. The lowest BCUT2D eigenvalue weighted by atomic mass is 10.2. The Bertz CT molecular complexity index is 782. The van der Waals surface area contributed by atoms with Gasteiger partial charge in [0.15, 0.2) is 11.3 Å². The molecule has 0 saturated heterocycles. The number of carbonyl (C=O) groups is 1. The van der Waals surface area contributed by atoms with E-state index in [1.165, 1.54) is 19.2 Å². The van der Waals surface area contributed by atoms with E-state index in [0.29, 0.717) is 0 Å². The van der Waals surface area contributed by atoms with E-state index >= 15 is 0 Å². The minimum atomic E-state index is -0.890. The maximum atomic E-state index is 11.8. The third-order valence-electron chi connectivity index (χ3n) is 2.68. The van der Waals surface area contributed by atoms with Crippen LogP contribution in [0, 0.1) is 10.1 Å². The average Bonchev–Trinajstić information content (AvgIpc) is 2.45. The third-order valence-corrected chi connectivity index (χ3v) is 2.68. The van der Waals surface area contributed by atoms with Gasteiger partial charge in [-0.05, 0) is 19.1 Å². The van der Waals surface area contributed by atoms with Crippen LogP contribution in [0.2, 0.25) is 0 Å². The molecule has 1 N–H and O–H groups in total. The first-order valence-electron chi connectivity index (χ1n) is 5.92. The lowest BCUT2D eigenvalue weighted by Crippen LogP contribution is -2.22. The number of hydrogen-bond donors (Lipinski definition) is 1. The molecule has 0 fully saturated rings. The fourth-order valence-electron chi connectivity index (χ4n) is 1.81. The zero-order valence-corrected chi connectivity index (χ0v) is 11.2. The van der Waals surface area contributed by atoms with Crippen LogP contribution in [-0.2, 0) is 4.74 Å². The van der Waals surface area contributed by atoms with Crippen molar-refractivity contribution < 1.29 is 19.2 Å². The van der Waals surface area contributed by atoms with Crippen LogP contribution < -0.4 is 10.3 Å². The molecule has 110 valence electrons. The van der Waals surface area contributed by atoms with Crippen LogP contribution in [0.15, 0.2) is 16.9 Å². The number of methoxy groups -OCH3 is 1. The minimum Gasteiger partial charge on any atom is -0.490 e. The van der Waals surface area contributed by atoms with Gasteiger partial charge < -0.3 is 14.5 Å². The maximum absolute atomic E-state index is 11.8. The molecule has 0 radical (unpaired) electrons. The van der Waals surface area contributed by atoms with E-state index in [0.717, 1.165) is 0 Å². The van der Waals surface area contributed by atoms with Gasteiger partial charge in [0, 0.05) is 0 Å². The van der Waals surface area contributed by atoms with Crippen molar-refractivity contribution in [2.75, 3.05) is 13.7 Å². The second kappa shape index (κ2) is 5.57. The summed E-state index contributed by atoms with van der Waals surface area (Å²) in [6.07, 6.45) is 0. The molecule has 0 amide bonds. The van der Waals surface area contributed by atoms with Crippen molar-refractivity contribution in [2.24, 2.45) is 0 Å². The lowest BCUT2D eigenvalue weighted by molar-refractivity contribution is -0.384. The summed E-state index contributed by atoms with van der Waals surface area (Å²) in [5.74, 6) is -0.909. The molecule has 0 aliphatic rings. The number of ether oxygens (including phenoxy) is 2. The molecule has 1 aromatic carbocycles. The van der Waals surface area contributed by atoms with Gasteiger partial charge in [0.2, 0.25) is 5.69 Å². The van der Waals surface area contributed by atoms with Crippen molar-refractivity contribution in [3.8, 4) is 5.75 Å². The molecule has 2 aromatic rings. The highest BCUT2D eigenvalue weighted by atomic mass is 16.6. The number of H-pyrrole nitrogens is 1. The monoisotopic (exact) mass is 293 g/mol. The number of nitrogens with one attached hydrogen (secondary N) is 1. The van der Waals surface area contributed by atoms with Crippen LogP contribution in [0.1, 0.15) is 17.4 Å². The summed E-state index contributed by atoms with van der Waals surface area (Å²) >= 11 is 0. The molecular formula is C12H11N3O6. The number of nitro groups is 1. The topological polar surface area (TPSA) is 124 Å². The lowest BCUT2D eigenvalue weighted by Gasteiger charge is -2.06. The first-order valence-corrected chi connectivity index (χ1v) is 5.92. The summed E-state index contributed by atoms with van der Waals surface area (Å²) in [5.41, 5.74) is -1.77. The number of nitrogens with zero attached hydrogens (tertiary/aromatic N) is 2. The molecule has 0 atom stereocenters. The number of nitro benzene ring substituents is 1. The number of esters is 1. The maximum Gasteiger partial charge on any atom is 0.362 e. The first-order chi connectivity index (χ1) is 9.99. The largest absolute Gasteiger partial charge is 0.490 e. The third kappa shape index (κ3) is 2.53. The van der Waals surface area contributed by atoms with E-state index in [1.807, 2.05) is 0 Å². The highest BCUT2D eigenvalue weighted by molar-refractivity contribution is 5.92. The Balaban J connectivity index is 2.75. The number of aromatic amines is 1. The molecule has 0 bridgehead atoms. The summed E-state index contributed by atoms with van der Waals surface area (Å²) in [6, 6.07) is 2.74. The Morgan fingerprint density at radius 3 is 2.76 bits per heavy atom.